The molecule has 1 unspecified atom stereocenters. The van der Waals surface area contributed by atoms with Gasteiger partial charge in [-0.1, -0.05) is 24.9 Å². The van der Waals surface area contributed by atoms with Crippen LogP contribution in [-0.4, -0.2) is 15.6 Å². The maximum absolute atomic E-state index is 11.7. The zero-order valence-electron chi connectivity index (χ0n) is 11.9. The first-order valence-corrected chi connectivity index (χ1v) is 7.79. The van der Waals surface area contributed by atoms with Crippen LogP contribution in [0.1, 0.15) is 57.3 Å². The molecule has 0 bridgehead atoms. The first-order chi connectivity index (χ1) is 9.15. The lowest BCUT2D eigenvalue weighted by atomic mass is 9.94. The van der Waals surface area contributed by atoms with E-state index in [1.54, 1.807) is 0 Å². The van der Waals surface area contributed by atoms with Crippen molar-refractivity contribution in [3.8, 4) is 0 Å². The molecule has 106 valence electrons. The smallest absolute Gasteiger partial charge is 0.133 e. The fourth-order valence-electron chi connectivity index (χ4n) is 2.94. The maximum Gasteiger partial charge on any atom is 0.133 e. The van der Waals surface area contributed by atoms with Crippen molar-refractivity contribution >= 4 is 17.4 Å². The number of aryl methyl sites for hydroxylation is 2. The van der Waals surface area contributed by atoms with Gasteiger partial charge in [-0.05, 0) is 38.5 Å². The van der Waals surface area contributed by atoms with Crippen molar-refractivity contribution in [3.63, 3.8) is 0 Å². The van der Waals surface area contributed by atoms with Crippen LogP contribution in [0.2, 0.25) is 5.02 Å². The van der Waals surface area contributed by atoms with Crippen molar-refractivity contribution < 1.29 is 4.79 Å². The van der Waals surface area contributed by atoms with Crippen LogP contribution in [0.4, 0.5) is 0 Å². The van der Waals surface area contributed by atoms with Gasteiger partial charge in [0.05, 0.1) is 16.4 Å². The van der Waals surface area contributed by atoms with Crippen LogP contribution < -0.4 is 0 Å². The molecule has 1 aromatic rings. The molecule has 2 rings (SSSR count). The molecule has 1 fully saturated rings. The number of carbonyl (C=O) groups is 1. The van der Waals surface area contributed by atoms with Crippen molar-refractivity contribution in [3.05, 3.63) is 16.4 Å². The van der Waals surface area contributed by atoms with Crippen LogP contribution in [0.25, 0.3) is 0 Å². The molecule has 1 saturated carbocycles. The average molecular weight is 283 g/mol. The highest BCUT2D eigenvalue weighted by Crippen LogP contribution is 2.29. The highest BCUT2D eigenvalue weighted by molar-refractivity contribution is 6.31. The molecule has 1 aliphatic carbocycles. The number of aromatic nitrogens is 2. The Kier molecular flexibility index (Phi) is 5.03. The fourth-order valence-corrected chi connectivity index (χ4v) is 3.29. The molecular weight excluding hydrogens is 260 g/mol. The molecule has 0 amide bonds. The maximum atomic E-state index is 11.7. The van der Waals surface area contributed by atoms with Gasteiger partial charge in [0.2, 0.25) is 0 Å². The van der Waals surface area contributed by atoms with Crippen molar-refractivity contribution in [2.75, 3.05) is 0 Å². The summed E-state index contributed by atoms with van der Waals surface area (Å²) in [6, 6.07) is 0. The monoisotopic (exact) mass is 282 g/mol. The summed E-state index contributed by atoms with van der Waals surface area (Å²) < 4.78 is 2.01. The van der Waals surface area contributed by atoms with Gasteiger partial charge in [-0.3, -0.25) is 9.48 Å². The Morgan fingerprint density at radius 2 is 2.16 bits per heavy atom. The molecule has 0 aromatic carbocycles. The van der Waals surface area contributed by atoms with Gasteiger partial charge in [0.1, 0.15) is 5.78 Å². The van der Waals surface area contributed by atoms with Gasteiger partial charge in [-0.2, -0.15) is 5.10 Å². The van der Waals surface area contributed by atoms with E-state index in [1.807, 2.05) is 4.68 Å². The summed E-state index contributed by atoms with van der Waals surface area (Å²) in [5, 5.41) is 5.37. The van der Waals surface area contributed by atoms with E-state index in [9.17, 15) is 4.79 Å². The minimum absolute atomic E-state index is 0.414. The Morgan fingerprint density at radius 1 is 1.37 bits per heavy atom. The molecule has 0 aliphatic heterocycles. The molecule has 0 radical (unpaired) electrons. The van der Waals surface area contributed by atoms with E-state index in [-0.39, 0.29) is 0 Å². The van der Waals surface area contributed by atoms with E-state index in [1.165, 1.54) is 0 Å². The van der Waals surface area contributed by atoms with E-state index in [4.69, 9.17) is 11.6 Å². The Balaban J connectivity index is 2.17. The van der Waals surface area contributed by atoms with Crippen molar-refractivity contribution in [2.24, 2.45) is 5.92 Å². The van der Waals surface area contributed by atoms with Crippen LogP contribution in [0.15, 0.2) is 0 Å². The number of carbonyl (C=O) groups excluding carboxylic acids is 1. The Morgan fingerprint density at radius 3 is 2.84 bits per heavy atom. The zero-order valence-corrected chi connectivity index (χ0v) is 12.7. The molecule has 3 nitrogen and oxygen atoms in total. The third kappa shape index (κ3) is 3.38. The molecule has 1 heterocycles. The number of hydrogen-bond acceptors (Lipinski definition) is 2. The van der Waals surface area contributed by atoms with Crippen LogP contribution in [0, 0.1) is 5.92 Å². The first-order valence-electron chi connectivity index (χ1n) is 7.41. The Labute approximate surface area is 120 Å². The third-order valence-corrected chi connectivity index (χ3v) is 4.45. The highest BCUT2D eigenvalue weighted by Gasteiger charge is 2.22. The number of rotatable bonds is 4. The van der Waals surface area contributed by atoms with E-state index >= 15 is 0 Å². The SMILES string of the molecule is CCc1nn(CC)c(CC2CCCCC(=O)C2)c1Cl. The van der Waals surface area contributed by atoms with Crippen LogP contribution >= 0.6 is 11.6 Å². The minimum atomic E-state index is 0.414. The minimum Gasteiger partial charge on any atom is -0.300 e. The summed E-state index contributed by atoms with van der Waals surface area (Å²) >= 11 is 6.44. The zero-order chi connectivity index (χ0) is 13.8. The van der Waals surface area contributed by atoms with Gasteiger partial charge < -0.3 is 0 Å². The van der Waals surface area contributed by atoms with Gasteiger partial charge in [-0.25, -0.2) is 0 Å². The molecule has 1 aliphatic rings. The predicted octanol–water partition coefficient (Wildman–Crippen LogP) is 3.81. The Hall–Kier alpha value is -0.830. The average Bonchev–Trinajstić information content (AvgIpc) is 2.57. The molecular formula is C15H23ClN2O. The summed E-state index contributed by atoms with van der Waals surface area (Å²) in [6.45, 7) is 5.01. The number of hydrogen-bond donors (Lipinski definition) is 0. The van der Waals surface area contributed by atoms with Crippen LogP contribution in [0.5, 0.6) is 0 Å². The van der Waals surface area contributed by atoms with Crippen molar-refractivity contribution in [1.29, 1.82) is 0 Å². The summed E-state index contributed by atoms with van der Waals surface area (Å²) in [7, 11) is 0. The summed E-state index contributed by atoms with van der Waals surface area (Å²) in [5.41, 5.74) is 2.11. The van der Waals surface area contributed by atoms with Gasteiger partial charge in [0, 0.05) is 19.4 Å². The molecule has 1 aromatic heterocycles. The lowest BCUT2D eigenvalue weighted by Crippen LogP contribution is -2.12. The molecule has 1 atom stereocenters. The van der Waals surface area contributed by atoms with Crippen LogP contribution in [-0.2, 0) is 24.2 Å². The lowest BCUT2D eigenvalue weighted by Gasteiger charge is -2.14. The number of ketones is 1. The number of Topliss-reactive ketones (excluding diaryl/α,β-unsaturated/α-hetero) is 1. The van der Waals surface area contributed by atoms with Gasteiger partial charge >= 0.3 is 0 Å². The van der Waals surface area contributed by atoms with Gasteiger partial charge in [0.25, 0.3) is 0 Å². The number of nitrogens with zero attached hydrogens (tertiary/aromatic N) is 2. The van der Waals surface area contributed by atoms with Crippen molar-refractivity contribution in [2.45, 2.75) is 65.3 Å². The third-order valence-electron chi connectivity index (χ3n) is 4.01. The lowest BCUT2D eigenvalue weighted by molar-refractivity contribution is -0.119. The van der Waals surface area contributed by atoms with E-state index in [2.05, 4.69) is 18.9 Å². The number of halogens is 1. The second-order valence-corrected chi connectivity index (χ2v) is 5.81. The molecule has 0 spiro atoms. The summed E-state index contributed by atoms with van der Waals surface area (Å²) in [4.78, 5) is 11.7. The quantitative estimate of drug-likeness (QED) is 0.787. The second-order valence-electron chi connectivity index (χ2n) is 5.44. The fraction of sp³-hybridized carbons (Fsp3) is 0.733. The summed E-state index contributed by atoms with van der Waals surface area (Å²) in [5.74, 6) is 0.858. The van der Waals surface area contributed by atoms with E-state index < -0.39 is 0 Å². The topological polar surface area (TPSA) is 34.9 Å². The van der Waals surface area contributed by atoms with Crippen LogP contribution in [0.3, 0.4) is 0 Å². The van der Waals surface area contributed by atoms with Gasteiger partial charge in [-0.15, -0.1) is 0 Å². The highest BCUT2D eigenvalue weighted by atomic mass is 35.5. The molecule has 0 saturated heterocycles. The van der Waals surface area contributed by atoms with E-state index in [0.29, 0.717) is 18.1 Å². The predicted molar refractivity (Wildman–Crippen MR) is 77.6 cm³/mol. The summed E-state index contributed by atoms with van der Waals surface area (Å²) in [6.07, 6.45) is 6.58. The normalized spacial score (nSPS) is 20.6. The Bertz CT molecular complexity index is 453. The second kappa shape index (κ2) is 6.56. The van der Waals surface area contributed by atoms with Crippen molar-refractivity contribution in [1.82, 2.24) is 9.78 Å². The molecule has 19 heavy (non-hydrogen) atoms. The molecule has 4 heteroatoms. The van der Waals surface area contributed by atoms with Gasteiger partial charge in [0.15, 0.2) is 0 Å². The van der Waals surface area contributed by atoms with E-state index in [0.717, 1.165) is 61.5 Å². The first kappa shape index (κ1) is 14.6. The largest absolute Gasteiger partial charge is 0.300 e. The standard InChI is InChI=1S/C15H23ClN2O/c1-3-13-15(16)14(18(4-2)17-13)10-11-7-5-6-8-12(19)9-11/h11H,3-10H2,1-2H3. The molecule has 0 N–H and O–H groups in total.